The minimum atomic E-state index is -0.748. The van der Waals surface area contributed by atoms with Crippen LogP contribution in [0.15, 0.2) is 18.3 Å². The van der Waals surface area contributed by atoms with Gasteiger partial charge >= 0.3 is 0 Å². The largest absolute Gasteiger partial charge is 0.365 e. The molecule has 8 heteroatoms. The zero-order valence-corrected chi connectivity index (χ0v) is 16.5. The first kappa shape index (κ1) is 19.6. The molecule has 1 unspecified atom stereocenters. The summed E-state index contributed by atoms with van der Waals surface area (Å²) in [6.45, 7) is 1.98. The van der Waals surface area contributed by atoms with Crippen LogP contribution in [0.25, 0.3) is 0 Å². The number of pyridine rings is 2. The monoisotopic (exact) mass is 398 g/mol. The lowest BCUT2D eigenvalue weighted by Gasteiger charge is -2.30. The van der Waals surface area contributed by atoms with Crippen LogP contribution in [0.3, 0.4) is 0 Å². The second-order valence-electron chi connectivity index (χ2n) is 8.08. The molecule has 2 saturated carbocycles. The molecule has 2 atom stereocenters. The number of primary amides is 1. The van der Waals surface area contributed by atoms with Crippen molar-refractivity contribution < 1.29 is 9.18 Å². The normalized spacial score (nSPS) is 21.6. The first-order valence-electron chi connectivity index (χ1n) is 10.2. The average molecular weight is 398 g/mol. The van der Waals surface area contributed by atoms with E-state index in [-0.39, 0.29) is 29.3 Å². The van der Waals surface area contributed by atoms with Crippen LogP contribution in [0.1, 0.15) is 66.1 Å². The fourth-order valence-corrected chi connectivity index (χ4v) is 3.95. The Bertz CT molecular complexity index is 930. The van der Waals surface area contributed by atoms with Crippen molar-refractivity contribution in [2.45, 2.75) is 63.5 Å². The Morgan fingerprint density at radius 3 is 2.62 bits per heavy atom. The van der Waals surface area contributed by atoms with Crippen molar-refractivity contribution in [3.63, 3.8) is 0 Å². The standard InChI is InChI=1S/C21H27FN6O/c1-11-14(12-6-7-12)8-13(10-25-11)26-20-15(19(24)29)9-16(22)21(28-20)27-18-5-3-2-4-17(18)23/h8-10,12,17-18H,2-7,23H2,1H3,(H2,24,29)(H2,26,27,28)/t17-,18?/m0/s1. The molecule has 2 fully saturated rings. The molecule has 2 aliphatic carbocycles. The second-order valence-corrected chi connectivity index (χ2v) is 8.08. The highest BCUT2D eigenvalue weighted by Crippen LogP contribution is 2.42. The van der Waals surface area contributed by atoms with E-state index >= 15 is 0 Å². The van der Waals surface area contributed by atoms with Crippen molar-refractivity contribution in [1.82, 2.24) is 9.97 Å². The molecular formula is C21H27FN6O. The zero-order chi connectivity index (χ0) is 20.5. The van der Waals surface area contributed by atoms with Crippen LogP contribution in [0.4, 0.5) is 21.7 Å². The van der Waals surface area contributed by atoms with Crippen molar-refractivity contribution in [1.29, 1.82) is 0 Å². The van der Waals surface area contributed by atoms with E-state index in [1.165, 1.54) is 5.56 Å². The molecule has 0 saturated heterocycles. The quantitative estimate of drug-likeness (QED) is 0.593. The molecule has 154 valence electrons. The maximum absolute atomic E-state index is 14.6. The molecule has 2 heterocycles. The van der Waals surface area contributed by atoms with E-state index in [0.29, 0.717) is 11.6 Å². The second kappa shape index (κ2) is 7.94. The number of carbonyl (C=O) groups excluding carboxylic acids is 1. The van der Waals surface area contributed by atoms with Gasteiger partial charge in [-0.3, -0.25) is 9.78 Å². The molecule has 0 aromatic carbocycles. The Hall–Kier alpha value is -2.74. The van der Waals surface area contributed by atoms with Gasteiger partial charge in [-0.1, -0.05) is 12.8 Å². The molecule has 2 aromatic heterocycles. The SMILES string of the molecule is Cc1ncc(Nc2nc(NC3CCCC[C@@H]3N)c(F)cc2C(N)=O)cc1C1CC1. The summed E-state index contributed by atoms with van der Waals surface area (Å²) in [6.07, 6.45) is 7.86. The first-order valence-corrected chi connectivity index (χ1v) is 10.2. The number of nitrogens with one attached hydrogen (secondary N) is 2. The van der Waals surface area contributed by atoms with Crippen molar-refractivity contribution in [3.05, 3.63) is 41.0 Å². The van der Waals surface area contributed by atoms with Crippen LogP contribution in [0.5, 0.6) is 0 Å². The van der Waals surface area contributed by atoms with Gasteiger partial charge in [0.1, 0.15) is 5.82 Å². The highest BCUT2D eigenvalue weighted by molar-refractivity contribution is 5.98. The van der Waals surface area contributed by atoms with E-state index in [4.69, 9.17) is 11.5 Å². The van der Waals surface area contributed by atoms with Crippen molar-refractivity contribution in [2.24, 2.45) is 11.5 Å². The van der Waals surface area contributed by atoms with E-state index in [2.05, 4.69) is 20.6 Å². The molecule has 0 aliphatic heterocycles. The maximum Gasteiger partial charge on any atom is 0.252 e. The summed E-state index contributed by atoms with van der Waals surface area (Å²) in [5.74, 6) is -0.559. The Morgan fingerprint density at radius 2 is 1.93 bits per heavy atom. The fraction of sp³-hybridized carbons (Fsp3) is 0.476. The molecule has 0 bridgehead atoms. The third-order valence-electron chi connectivity index (χ3n) is 5.79. The molecule has 0 spiro atoms. The van der Waals surface area contributed by atoms with Crippen LogP contribution in [0.2, 0.25) is 0 Å². The Kier molecular flexibility index (Phi) is 5.36. The van der Waals surface area contributed by atoms with Gasteiger partial charge in [0.25, 0.3) is 5.91 Å². The lowest BCUT2D eigenvalue weighted by Crippen LogP contribution is -2.43. The third kappa shape index (κ3) is 4.32. The molecular weight excluding hydrogens is 371 g/mol. The van der Waals surface area contributed by atoms with Crippen LogP contribution in [-0.4, -0.2) is 28.0 Å². The highest BCUT2D eigenvalue weighted by atomic mass is 19.1. The van der Waals surface area contributed by atoms with E-state index in [1.54, 1.807) is 6.20 Å². The average Bonchev–Trinajstić information content (AvgIpc) is 3.52. The van der Waals surface area contributed by atoms with Crippen LogP contribution in [0, 0.1) is 12.7 Å². The summed E-state index contributed by atoms with van der Waals surface area (Å²) in [5.41, 5.74) is 14.5. The third-order valence-corrected chi connectivity index (χ3v) is 5.79. The fourth-order valence-electron chi connectivity index (χ4n) is 3.95. The summed E-state index contributed by atoms with van der Waals surface area (Å²) in [7, 11) is 0. The number of hydrogen-bond acceptors (Lipinski definition) is 6. The molecule has 2 aromatic rings. The number of aryl methyl sites for hydroxylation is 1. The zero-order valence-electron chi connectivity index (χ0n) is 16.5. The highest BCUT2D eigenvalue weighted by Gasteiger charge is 2.27. The number of carbonyl (C=O) groups is 1. The summed E-state index contributed by atoms with van der Waals surface area (Å²) >= 11 is 0. The molecule has 6 N–H and O–H groups in total. The first-order chi connectivity index (χ1) is 13.9. The molecule has 1 amide bonds. The van der Waals surface area contributed by atoms with Crippen molar-refractivity contribution >= 4 is 23.2 Å². The number of aromatic nitrogens is 2. The predicted octanol–water partition coefficient (Wildman–Crippen LogP) is 3.33. The lowest BCUT2D eigenvalue weighted by molar-refractivity contribution is 0.100. The van der Waals surface area contributed by atoms with E-state index in [9.17, 15) is 9.18 Å². The molecule has 2 aliphatic rings. The van der Waals surface area contributed by atoms with Gasteiger partial charge in [-0.15, -0.1) is 0 Å². The van der Waals surface area contributed by atoms with E-state index in [1.807, 2.05) is 13.0 Å². The number of rotatable bonds is 6. The number of nitrogens with two attached hydrogens (primary N) is 2. The summed E-state index contributed by atoms with van der Waals surface area (Å²) in [5, 5.41) is 6.23. The topological polar surface area (TPSA) is 119 Å². The molecule has 0 radical (unpaired) electrons. The Labute approximate surface area is 169 Å². The van der Waals surface area contributed by atoms with E-state index < -0.39 is 11.7 Å². The maximum atomic E-state index is 14.6. The Balaban J connectivity index is 1.64. The Morgan fingerprint density at radius 1 is 1.17 bits per heavy atom. The number of nitrogens with zero attached hydrogens (tertiary/aromatic N) is 2. The van der Waals surface area contributed by atoms with Crippen molar-refractivity contribution in [2.75, 3.05) is 10.6 Å². The van der Waals surface area contributed by atoms with Gasteiger partial charge in [-0.05, 0) is 56.2 Å². The number of amides is 1. The van der Waals surface area contributed by atoms with Crippen molar-refractivity contribution in [3.8, 4) is 0 Å². The van der Waals surface area contributed by atoms with Crippen LogP contribution < -0.4 is 22.1 Å². The summed E-state index contributed by atoms with van der Waals surface area (Å²) in [6, 6.07) is 3.03. The minimum absolute atomic E-state index is 0.00506. The van der Waals surface area contributed by atoms with Gasteiger partial charge in [0.15, 0.2) is 11.6 Å². The van der Waals surface area contributed by atoms with Gasteiger partial charge in [0.2, 0.25) is 0 Å². The molecule has 7 nitrogen and oxygen atoms in total. The van der Waals surface area contributed by atoms with Crippen LogP contribution >= 0.6 is 0 Å². The summed E-state index contributed by atoms with van der Waals surface area (Å²) < 4.78 is 14.6. The number of halogens is 1. The van der Waals surface area contributed by atoms with E-state index in [0.717, 1.165) is 50.3 Å². The smallest absolute Gasteiger partial charge is 0.252 e. The molecule has 29 heavy (non-hydrogen) atoms. The van der Waals surface area contributed by atoms with Gasteiger partial charge in [0, 0.05) is 17.8 Å². The lowest BCUT2D eigenvalue weighted by atomic mass is 9.91. The van der Waals surface area contributed by atoms with Crippen LogP contribution in [-0.2, 0) is 0 Å². The number of anilines is 3. The minimum Gasteiger partial charge on any atom is -0.365 e. The van der Waals surface area contributed by atoms with Gasteiger partial charge < -0.3 is 22.1 Å². The summed E-state index contributed by atoms with van der Waals surface area (Å²) in [4.78, 5) is 20.7. The molecule has 4 rings (SSSR count). The van der Waals surface area contributed by atoms with Gasteiger partial charge in [-0.25, -0.2) is 9.37 Å². The van der Waals surface area contributed by atoms with Gasteiger partial charge in [0.05, 0.1) is 17.4 Å². The number of hydrogen-bond donors (Lipinski definition) is 4. The van der Waals surface area contributed by atoms with Gasteiger partial charge in [-0.2, -0.15) is 0 Å². The predicted molar refractivity (Wildman–Crippen MR) is 111 cm³/mol.